The van der Waals surface area contributed by atoms with Crippen LogP contribution in [0.5, 0.6) is 0 Å². The minimum atomic E-state index is -1.12. The van der Waals surface area contributed by atoms with Crippen LogP contribution >= 0.6 is 11.8 Å². The Kier molecular flexibility index (Phi) is 6.07. The number of amides is 1. The van der Waals surface area contributed by atoms with Crippen LogP contribution in [0.15, 0.2) is 30.3 Å². The molecule has 23 heavy (non-hydrogen) atoms. The van der Waals surface area contributed by atoms with Crippen molar-refractivity contribution in [3.8, 4) is 0 Å². The second-order valence-electron chi connectivity index (χ2n) is 5.70. The van der Waals surface area contributed by atoms with Crippen LogP contribution in [-0.2, 0) is 19.9 Å². The second kappa shape index (κ2) is 7.84. The predicted molar refractivity (Wildman–Crippen MR) is 90.5 cm³/mol. The minimum Gasteiger partial charge on any atom is -0.480 e. The summed E-state index contributed by atoms with van der Waals surface area (Å²) in [5, 5.41) is 12.4. The topological polar surface area (TPSA) is 75.6 Å². The number of hydrogen-bond acceptors (Lipinski definition) is 4. The highest BCUT2D eigenvalue weighted by molar-refractivity contribution is 7.98. The number of carbonyl (C=O) groups is 2. The van der Waals surface area contributed by atoms with Gasteiger partial charge >= 0.3 is 5.97 Å². The van der Waals surface area contributed by atoms with E-state index < -0.39 is 17.6 Å². The molecule has 5 nitrogen and oxygen atoms in total. The third-order valence-corrected chi connectivity index (χ3v) is 4.58. The largest absolute Gasteiger partial charge is 0.480 e. The Morgan fingerprint density at radius 3 is 2.52 bits per heavy atom. The molecule has 1 saturated carbocycles. The zero-order chi connectivity index (χ0) is 16.9. The first kappa shape index (κ1) is 17.8. The SMILES string of the molecule is CCC(=O)N[C@H](C(=O)O)C(CSC)(OC1CC1)c1ccccc1. The molecule has 1 amide bonds. The van der Waals surface area contributed by atoms with E-state index in [2.05, 4.69) is 5.32 Å². The lowest BCUT2D eigenvalue weighted by Crippen LogP contribution is -2.58. The molecular formula is C17H23NO4S. The zero-order valence-electron chi connectivity index (χ0n) is 13.5. The van der Waals surface area contributed by atoms with Crippen LogP contribution in [0.3, 0.4) is 0 Å². The van der Waals surface area contributed by atoms with Crippen LogP contribution in [0.1, 0.15) is 31.7 Å². The van der Waals surface area contributed by atoms with E-state index in [0.29, 0.717) is 5.75 Å². The molecule has 0 spiro atoms. The highest BCUT2D eigenvalue weighted by Crippen LogP contribution is 2.40. The van der Waals surface area contributed by atoms with Crippen LogP contribution in [0.25, 0.3) is 0 Å². The lowest BCUT2D eigenvalue weighted by molar-refractivity contribution is -0.155. The van der Waals surface area contributed by atoms with Crippen molar-refractivity contribution in [2.75, 3.05) is 12.0 Å². The summed E-state index contributed by atoms with van der Waals surface area (Å²) in [6, 6.07) is 8.22. The summed E-state index contributed by atoms with van der Waals surface area (Å²) in [6.45, 7) is 1.70. The molecule has 2 N–H and O–H groups in total. The fourth-order valence-electron chi connectivity index (χ4n) is 2.56. The molecule has 0 heterocycles. The highest BCUT2D eigenvalue weighted by Gasteiger charge is 2.49. The maximum Gasteiger partial charge on any atom is 0.329 e. The summed E-state index contributed by atoms with van der Waals surface area (Å²) in [7, 11) is 0. The normalized spacial score (nSPS) is 18.0. The highest BCUT2D eigenvalue weighted by atomic mass is 32.2. The Labute approximate surface area is 140 Å². The summed E-state index contributed by atoms with van der Waals surface area (Å²) in [5.74, 6) is -0.919. The number of ether oxygens (including phenoxy) is 1. The van der Waals surface area contributed by atoms with E-state index >= 15 is 0 Å². The predicted octanol–water partition coefficient (Wildman–Crippen LogP) is 2.40. The number of hydrogen-bond donors (Lipinski definition) is 2. The van der Waals surface area contributed by atoms with Crippen LogP contribution in [-0.4, -0.2) is 41.1 Å². The van der Waals surface area contributed by atoms with Gasteiger partial charge in [0, 0.05) is 12.2 Å². The van der Waals surface area contributed by atoms with Crippen molar-refractivity contribution in [3.05, 3.63) is 35.9 Å². The number of thioether (sulfide) groups is 1. The van der Waals surface area contributed by atoms with Gasteiger partial charge < -0.3 is 15.2 Å². The number of aliphatic carboxylic acids is 1. The van der Waals surface area contributed by atoms with Crippen LogP contribution in [0, 0.1) is 0 Å². The van der Waals surface area contributed by atoms with Crippen molar-refractivity contribution in [2.45, 2.75) is 43.9 Å². The lowest BCUT2D eigenvalue weighted by Gasteiger charge is -2.39. The molecule has 1 aromatic carbocycles. The minimum absolute atomic E-state index is 0.0581. The van der Waals surface area contributed by atoms with Gasteiger partial charge in [-0.05, 0) is 24.7 Å². The van der Waals surface area contributed by atoms with Crippen LogP contribution in [0.4, 0.5) is 0 Å². The third kappa shape index (κ3) is 4.26. The van der Waals surface area contributed by atoms with Crippen molar-refractivity contribution in [3.63, 3.8) is 0 Å². The number of benzene rings is 1. The van der Waals surface area contributed by atoms with E-state index in [1.54, 1.807) is 6.92 Å². The first-order valence-corrected chi connectivity index (χ1v) is 9.17. The van der Waals surface area contributed by atoms with Crippen LogP contribution < -0.4 is 5.32 Å². The van der Waals surface area contributed by atoms with E-state index in [-0.39, 0.29) is 18.4 Å². The molecule has 0 radical (unpaired) electrons. The second-order valence-corrected chi connectivity index (χ2v) is 6.56. The quantitative estimate of drug-likeness (QED) is 0.724. The summed E-state index contributed by atoms with van der Waals surface area (Å²) in [5.41, 5.74) is -0.288. The maximum absolute atomic E-state index is 11.9. The molecule has 1 aliphatic rings. The Bertz CT molecular complexity index is 547. The molecule has 0 aromatic heterocycles. The Balaban J connectivity index is 2.47. The number of rotatable bonds is 9. The van der Waals surface area contributed by atoms with E-state index in [0.717, 1.165) is 18.4 Å². The number of carboxylic acids is 1. The van der Waals surface area contributed by atoms with Crippen molar-refractivity contribution < 1.29 is 19.4 Å². The molecule has 0 aliphatic heterocycles. The van der Waals surface area contributed by atoms with Crippen LogP contribution in [0.2, 0.25) is 0 Å². The fraction of sp³-hybridized carbons (Fsp3) is 0.529. The number of carbonyl (C=O) groups excluding carboxylic acids is 1. The first-order valence-electron chi connectivity index (χ1n) is 7.78. The van der Waals surface area contributed by atoms with Gasteiger partial charge in [0.05, 0.1) is 6.10 Å². The van der Waals surface area contributed by atoms with Crippen molar-refractivity contribution in [1.82, 2.24) is 5.32 Å². The van der Waals surface area contributed by atoms with Gasteiger partial charge in [0.25, 0.3) is 0 Å². The van der Waals surface area contributed by atoms with Gasteiger partial charge in [-0.1, -0.05) is 37.3 Å². The Morgan fingerprint density at radius 1 is 1.39 bits per heavy atom. The number of carboxylic acid groups (broad SMARTS) is 1. The monoisotopic (exact) mass is 337 g/mol. The Morgan fingerprint density at radius 2 is 2.04 bits per heavy atom. The maximum atomic E-state index is 11.9. The molecule has 6 heteroatoms. The smallest absolute Gasteiger partial charge is 0.329 e. The molecule has 1 fully saturated rings. The molecular weight excluding hydrogens is 314 g/mol. The summed E-state index contributed by atoms with van der Waals surface area (Å²) in [4.78, 5) is 23.8. The van der Waals surface area contributed by atoms with E-state index in [9.17, 15) is 14.7 Å². The molecule has 1 aliphatic carbocycles. The summed E-state index contributed by atoms with van der Waals surface area (Å²) < 4.78 is 6.23. The Hall–Kier alpha value is -1.53. The average Bonchev–Trinajstić information content (AvgIpc) is 3.36. The van der Waals surface area contributed by atoms with E-state index in [4.69, 9.17) is 4.74 Å². The molecule has 2 atom stereocenters. The van der Waals surface area contributed by atoms with Gasteiger partial charge in [0.1, 0.15) is 5.60 Å². The standard InChI is InChI=1S/C17H23NO4S/c1-3-14(19)18-15(16(20)21)17(11-23-2,22-13-9-10-13)12-7-5-4-6-8-12/h4-8,13,15H,3,9-11H2,1-2H3,(H,18,19)(H,20,21)/t15-,17?/m1/s1. The van der Waals surface area contributed by atoms with Gasteiger partial charge in [0.15, 0.2) is 6.04 Å². The van der Waals surface area contributed by atoms with Gasteiger partial charge in [-0.25, -0.2) is 4.79 Å². The summed E-state index contributed by atoms with van der Waals surface area (Å²) >= 11 is 1.51. The van der Waals surface area contributed by atoms with Gasteiger partial charge in [-0.2, -0.15) is 11.8 Å². The van der Waals surface area contributed by atoms with Crippen molar-refractivity contribution >= 4 is 23.6 Å². The molecule has 126 valence electrons. The summed E-state index contributed by atoms with van der Waals surface area (Å²) in [6.07, 6.45) is 4.06. The van der Waals surface area contributed by atoms with E-state index in [1.165, 1.54) is 11.8 Å². The van der Waals surface area contributed by atoms with Crippen molar-refractivity contribution in [2.24, 2.45) is 0 Å². The molecule has 2 rings (SSSR count). The van der Waals surface area contributed by atoms with E-state index in [1.807, 2.05) is 36.6 Å². The van der Waals surface area contributed by atoms with Crippen molar-refractivity contribution in [1.29, 1.82) is 0 Å². The average molecular weight is 337 g/mol. The third-order valence-electron chi connectivity index (χ3n) is 3.86. The zero-order valence-corrected chi connectivity index (χ0v) is 14.3. The fourth-order valence-corrected chi connectivity index (χ4v) is 3.39. The number of nitrogens with one attached hydrogen (secondary N) is 1. The van der Waals surface area contributed by atoms with Gasteiger partial charge in [0.2, 0.25) is 5.91 Å². The van der Waals surface area contributed by atoms with Gasteiger partial charge in [-0.3, -0.25) is 4.79 Å². The first-order chi connectivity index (χ1) is 11.0. The van der Waals surface area contributed by atoms with Gasteiger partial charge in [-0.15, -0.1) is 0 Å². The molecule has 1 aromatic rings. The molecule has 0 bridgehead atoms. The molecule has 1 unspecified atom stereocenters. The molecule has 0 saturated heterocycles. The lowest BCUT2D eigenvalue weighted by atomic mass is 9.87.